The molecule has 0 atom stereocenters. The second-order valence-corrected chi connectivity index (χ2v) is 9.18. The molecule has 0 saturated heterocycles. The molecule has 3 aromatic carbocycles. The van der Waals surface area contributed by atoms with Crippen molar-refractivity contribution in [3.05, 3.63) is 86.5 Å². The van der Waals surface area contributed by atoms with Crippen LogP contribution in [0.3, 0.4) is 0 Å². The Labute approximate surface area is 169 Å². The van der Waals surface area contributed by atoms with E-state index in [2.05, 4.69) is 103 Å². The predicted octanol–water partition coefficient (Wildman–Crippen LogP) is 7.22. The van der Waals surface area contributed by atoms with Crippen LogP contribution in [0.5, 0.6) is 0 Å². The summed E-state index contributed by atoms with van der Waals surface area (Å²) in [6.07, 6.45) is 6.89. The SMILES string of the molecule is CC1(C)c2cc(I)ccc2-c2ccc(-c3ccc4c(c3)C=CCC4)cc21. The highest BCUT2D eigenvalue weighted by molar-refractivity contribution is 14.1. The fourth-order valence-electron chi connectivity index (χ4n) is 4.50. The highest BCUT2D eigenvalue weighted by atomic mass is 127. The second kappa shape index (κ2) is 5.82. The van der Waals surface area contributed by atoms with Crippen LogP contribution in [0.2, 0.25) is 0 Å². The van der Waals surface area contributed by atoms with E-state index in [1.54, 1.807) is 0 Å². The Hall–Kier alpha value is -1.87. The Morgan fingerprint density at radius 3 is 2.35 bits per heavy atom. The zero-order valence-electron chi connectivity index (χ0n) is 15.1. The van der Waals surface area contributed by atoms with Gasteiger partial charge in [-0.2, -0.15) is 0 Å². The number of fused-ring (bicyclic) bond motifs is 4. The summed E-state index contributed by atoms with van der Waals surface area (Å²) >= 11 is 2.42. The summed E-state index contributed by atoms with van der Waals surface area (Å²) in [5.74, 6) is 0. The molecular weight excluding hydrogens is 427 g/mol. The van der Waals surface area contributed by atoms with E-state index in [4.69, 9.17) is 0 Å². The number of hydrogen-bond donors (Lipinski definition) is 0. The van der Waals surface area contributed by atoms with Crippen molar-refractivity contribution in [2.45, 2.75) is 32.1 Å². The van der Waals surface area contributed by atoms with Gasteiger partial charge in [0.25, 0.3) is 0 Å². The third kappa shape index (κ3) is 2.40. The molecule has 0 amide bonds. The van der Waals surface area contributed by atoms with Gasteiger partial charge in [-0.05, 0) is 104 Å². The van der Waals surface area contributed by atoms with Gasteiger partial charge < -0.3 is 0 Å². The largest absolute Gasteiger partial charge is 0.0836 e. The lowest BCUT2D eigenvalue weighted by Gasteiger charge is -2.22. The molecule has 0 saturated carbocycles. The van der Waals surface area contributed by atoms with Crippen LogP contribution in [-0.2, 0) is 11.8 Å². The first-order chi connectivity index (χ1) is 12.5. The standard InChI is InChI=1S/C25H21I/c1-25(2)23-14-19(18-8-7-16-5-3-4-6-17(16)13-18)9-11-21(23)22-12-10-20(26)15-24(22)25/h4,6-15H,3,5H2,1-2H3. The van der Waals surface area contributed by atoms with Crippen molar-refractivity contribution in [2.75, 3.05) is 0 Å². The molecule has 1 heteroatoms. The van der Waals surface area contributed by atoms with Crippen molar-refractivity contribution >= 4 is 28.7 Å². The van der Waals surface area contributed by atoms with E-state index in [0.29, 0.717) is 0 Å². The maximum atomic E-state index is 2.42. The molecule has 0 spiro atoms. The van der Waals surface area contributed by atoms with Crippen LogP contribution in [0.1, 0.15) is 42.5 Å². The first-order valence-corrected chi connectivity index (χ1v) is 10.4. The fourth-order valence-corrected chi connectivity index (χ4v) is 4.99. The van der Waals surface area contributed by atoms with Gasteiger partial charge in [0.15, 0.2) is 0 Å². The summed E-state index contributed by atoms with van der Waals surface area (Å²) in [5.41, 5.74) is 11.2. The number of rotatable bonds is 1. The van der Waals surface area contributed by atoms with E-state index in [0.717, 1.165) is 12.8 Å². The molecule has 26 heavy (non-hydrogen) atoms. The number of aryl methyl sites for hydroxylation is 1. The van der Waals surface area contributed by atoms with E-state index in [-0.39, 0.29) is 5.41 Å². The Kier molecular flexibility index (Phi) is 3.65. The van der Waals surface area contributed by atoms with Gasteiger partial charge >= 0.3 is 0 Å². The summed E-state index contributed by atoms with van der Waals surface area (Å²) in [6, 6.07) is 20.8. The van der Waals surface area contributed by atoms with Crippen LogP contribution < -0.4 is 0 Å². The van der Waals surface area contributed by atoms with E-state index in [9.17, 15) is 0 Å². The highest BCUT2D eigenvalue weighted by Gasteiger charge is 2.35. The summed E-state index contributed by atoms with van der Waals surface area (Å²) in [6.45, 7) is 4.71. The molecule has 3 aromatic rings. The van der Waals surface area contributed by atoms with Crippen LogP contribution in [0, 0.1) is 3.57 Å². The monoisotopic (exact) mass is 448 g/mol. The minimum Gasteiger partial charge on any atom is -0.0836 e. The third-order valence-corrected chi connectivity index (χ3v) is 6.67. The number of hydrogen-bond acceptors (Lipinski definition) is 0. The maximum absolute atomic E-state index is 2.42. The Morgan fingerprint density at radius 1 is 0.808 bits per heavy atom. The molecule has 0 aliphatic heterocycles. The quantitative estimate of drug-likeness (QED) is 0.345. The van der Waals surface area contributed by atoms with Gasteiger partial charge in [0.1, 0.15) is 0 Å². The molecule has 0 radical (unpaired) electrons. The van der Waals surface area contributed by atoms with E-state index < -0.39 is 0 Å². The summed E-state index contributed by atoms with van der Waals surface area (Å²) in [5, 5.41) is 0. The molecule has 2 aliphatic rings. The lowest BCUT2D eigenvalue weighted by atomic mass is 9.81. The number of benzene rings is 3. The first-order valence-electron chi connectivity index (χ1n) is 9.29. The average molecular weight is 448 g/mol. The van der Waals surface area contributed by atoms with Crippen LogP contribution in [0.4, 0.5) is 0 Å². The zero-order chi connectivity index (χ0) is 17.9. The number of halogens is 1. The van der Waals surface area contributed by atoms with Gasteiger partial charge in [-0.25, -0.2) is 0 Å². The zero-order valence-corrected chi connectivity index (χ0v) is 17.3. The van der Waals surface area contributed by atoms with E-state index in [1.807, 2.05) is 0 Å². The lowest BCUT2D eigenvalue weighted by molar-refractivity contribution is 0.660. The minimum absolute atomic E-state index is 0.0516. The van der Waals surface area contributed by atoms with Crippen molar-refractivity contribution in [2.24, 2.45) is 0 Å². The lowest BCUT2D eigenvalue weighted by Crippen LogP contribution is -2.15. The second-order valence-electron chi connectivity index (χ2n) is 7.93. The fraction of sp³-hybridized carbons (Fsp3) is 0.200. The maximum Gasteiger partial charge on any atom is 0.0159 e. The van der Waals surface area contributed by atoms with Gasteiger partial charge in [0, 0.05) is 8.99 Å². The topological polar surface area (TPSA) is 0 Å². The normalized spacial score (nSPS) is 16.1. The van der Waals surface area contributed by atoms with E-state index in [1.165, 1.54) is 48.1 Å². The Balaban J connectivity index is 1.65. The molecule has 0 nitrogen and oxygen atoms in total. The van der Waals surface area contributed by atoms with Crippen LogP contribution in [0.15, 0.2) is 60.7 Å². The smallest absolute Gasteiger partial charge is 0.0159 e. The Morgan fingerprint density at radius 2 is 1.50 bits per heavy atom. The van der Waals surface area contributed by atoms with Gasteiger partial charge in [0.2, 0.25) is 0 Å². The molecular formula is C25H21I. The minimum atomic E-state index is 0.0516. The van der Waals surface area contributed by atoms with E-state index >= 15 is 0 Å². The molecule has 0 fully saturated rings. The van der Waals surface area contributed by atoms with Gasteiger partial charge in [-0.3, -0.25) is 0 Å². The summed E-state index contributed by atoms with van der Waals surface area (Å²) in [4.78, 5) is 0. The summed E-state index contributed by atoms with van der Waals surface area (Å²) in [7, 11) is 0. The van der Waals surface area contributed by atoms with Crippen molar-refractivity contribution in [1.82, 2.24) is 0 Å². The van der Waals surface area contributed by atoms with Gasteiger partial charge in [-0.15, -0.1) is 0 Å². The molecule has 0 aromatic heterocycles. The third-order valence-electron chi connectivity index (χ3n) is 5.99. The van der Waals surface area contributed by atoms with Crippen molar-refractivity contribution in [3.8, 4) is 22.3 Å². The van der Waals surface area contributed by atoms with Gasteiger partial charge in [0.05, 0.1) is 0 Å². The molecule has 0 N–H and O–H groups in total. The molecule has 0 unspecified atom stereocenters. The van der Waals surface area contributed by atoms with Crippen molar-refractivity contribution in [3.63, 3.8) is 0 Å². The van der Waals surface area contributed by atoms with Gasteiger partial charge in [-0.1, -0.05) is 56.3 Å². The highest BCUT2D eigenvalue weighted by Crippen LogP contribution is 2.50. The molecule has 5 rings (SSSR count). The predicted molar refractivity (Wildman–Crippen MR) is 120 cm³/mol. The molecule has 128 valence electrons. The van der Waals surface area contributed by atoms with Crippen molar-refractivity contribution < 1.29 is 0 Å². The van der Waals surface area contributed by atoms with Crippen LogP contribution in [-0.4, -0.2) is 0 Å². The average Bonchev–Trinajstić information content (AvgIpc) is 2.88. The summed E-state index contributed by atoms with van der Waals surface area (Å²) < 4.78 is 1.31. The Bertz CT molecular complexity index is 1070. The first kappa shape index (κ1) is 16.3. The van der Waals surface area contributed by atoms with Crippen LogP contribution >= 0.6 is 22.6 Å². The molecule has 0 heterocycles. The number of allylic oxidation sites excluding steroid dienone is 1. The van der Waals surface area contributed by atoms with Crippen molar-refractivity contribution in [1.29, 1.82) is 0 Å². The molecule has 0 bridgehead atoms. The molecule has 2 aliphatic carbocycles. The van der Waals surface area contributed by atoms with Crippen LogP contribution in [0.25, 0.3) is 28.3 Å².